The van der Waals surface area contributed by atoms with Gasteiger partial charge in [0.05, 0.1) is 0 Å². The van der Waals surface area contributed by atoms with Crippen molar-refractivity contribution in [2.75, 3.05) is 19.6 Å². The number of carbonyl (C=O) groups excluding carboxylic acids is 1. The maximum Gasteiger partial charge on any atom is 0.252 e. The van der Waals surface area contributed by atoms with Crippen LogP contribution in [0.5, 0.6) is 0 Å². The molecule has 0 bridgehead atoms. The molecule has 130 valence electrons. The average molecular weight is 359 g/mol. The van der Waals surface area contributed by atoms with Crippen LogP contribution in [0.2, 0.25) is 0 Å². The minimum atomic E-state index is -3.40. The predicted octanol–water partition coefficient (Wildman–Crippen LogP) is 2.62. The highest BCUT2D eigenvalue weighted by Crippen LogP contribution is 2.28. The number of hydrogen-bond acceptors (Lipinski definition) is 4. The summed E-state index contributed by atoms with van der Waals surface area (Å²) in [5, 5.41) is 2.97. The van der Waals surface area contributed by atoms with E-state index in [1.165, 1.54) is 15.6 Å². The van der Waals surface area contributed by atoms with Gasteiger partial charge in [0, 0.05) is 30.4 Å². The Hall–Kier alpha value is -0.920. The Balaban J connectivity index is 1.87. The van der Waals surface area contributed by atoms with E-state index in [9.17, 15) is 13.2 Å². The molecule has 0 atom stereocenters. The van der Waals surface area contributed by atoms with E-state index in [4.69, 9.17) is 0 Å². The van der Waals surface area contributed by atoms with Gasteiger partial charge in [0.1, 0.15) is 4.21 Å². The number of nitrogens with one attached hydrogen (secondary N) is 1. The number of rotatable bonds is 6. The van der Waals surface area contributed by atoms with Gasteiger partial charge < -0.3 is 5.32 Å². The van der Waals surface area contributed by atoms with Crippen molar-refractivity contribution in [3.05, 3.63) is 17.0 Å². The summed E-state index contributed by atoms with van der Waals surface area (Å²) in [5.41, 5.74) is 0. The van der Waals surface area contributed by atoms with Crippen LogP contribution in [0, 0.1) is 18.8 Å². The first-order chi connectivity index (χ1) is 10.8. The zero-order valence-corrected chi connectivity index (χ0v) is 15.7. The minimum Gasteiger partial charge on any atom is -0.356 e. The van der Waals surface area contributed by atoms with E-state index >= 15 is 0 Å². The number of amides is 1. The van der Waals surface area contributed by atoms with Gasteiger partial charge in [0.15, 0.2) is 0 Å². The lowest BCUT2D eigenvalue weighted by Crippen LogP contribution is -2.43. The van der Waals surface area contributed by atoms with Gasteiger partial charge >= 0.3 is 0 Å². The Labute approximate surface area is 143 Å². The van der Waals surface area contributed by atoms with E-state index in [0.29, 0.717) is 42.6 Å². The number of carbonyl (C=O) groups is 1. The summed E-state index contributed by atoms with van der Waals surface area (Å²) in [6.45, 7) is 7.69. The quantitative estimate of drug-likeness (QED) is 0.850. The molecule has 0 unspecified atom stereocenters. The molecule has 5 nitrogen and oxygen atoms in total. The molecule has 1 fully saturated rings. The molecule has 1 aliphatic heterocycles. The summed E-state index contributed by atoms with van der Waals surface area (Å²) in [6, 6.07) is 3.49. The molecule has 0 aliphatic carbocycles. The standard InChI is InChI=1S/C16H26N2O3S2/c1-12(2)6-9-17-16(19)14-7-10-18(11-8-14)23(20,21)15-5-4-13(3)22-15/h4-5,12,14H,6-11H2,1-3H3,(H,17,19). The van der Waals surface area contributed by atoms with Crippen LogP contribution in [-0.4, -0.2) is 38.3 Å². The predicted molar refractivity (Wildman–Crippen MR) is 93.0 cm³/mol. The van der Waals surface area contributed by atoms with Gasteiger partial charge in [-0.15, -0.1) is 11.3 Å². The van der Waals surface area contributed by atoms with Crippen LogP contribution in [0.15, 0.2) is 16.3 Å². The highest BCUT2D eigenvalue weighted by atomic mass is 32.2. The lowest BCUT2D eigenvalue weighted by atomic mass is 9.97. The van der Waals surface area contributed by atoms with Gasteiger partial charge in [-0.2, -0.15) is 4.31 Å². The van der Waals surface area contributed by atoms with Crippen molar-refractivity contribution in [1.82, 2.24) is 9.62 Å². The van der Waals surface area contributed by atoms with Gasteiger partial charge in [-0.25, -0.2) is 8.42 Å². The van der Waals surface area contributed by atoms with Crippen molar-refractivity contribution in [2.24, 2.45) is 11.8 Å². The molecule has 0 radical (unpaired) electrons. The Morgan fingerprint density at radius 3 is 2.52 bits per heavy atom. The maximum atomic E-state index is 12.6. The summed E-state index contributed by atoms with van der Waals surface area (Å²) in [7, 11) is -3.40. The fourth-order valence-electron chi connectivity index (χ4n) is 2.66. The molecule has 2 heterocycles. The van der Waals surface area contributed by atoms with Gasteiger partial charge in [0.2, 0.25) is 5.91 Å². The lowest BCUT2D eigenvalue weighted by molar-refractivity contribution is -0.126. The maximum absolute atomic E-state index is 12.6. The summed E-state index contributed by atoms with van der Waals surface area (Å²) in [5.74, 6) is 0.560. The van der Waals surface area contributed by atoms with Crippen LogP contribution in [0.1, 0.15) is 38.0 Å². The van der Waals surface area contributed by atoms with Crippen LogP contribution in [-0.2, 0) is 14.8 Å². The van der Waals surface area contributed by atoms with E-state index < -0.39 is 10.0 Å². The molecule has 0 spiro atoms. The second kappa shape index (κ2) is 7.77. The number of sulfonamides is 1. The Morgan fingerprint density at radius 1 is 1.35 bits per heavy atom. The molecule has 1 aromatic heterocycles. The summed E-state index contributed by atoms with van der Waals surface area (Å²) >= 11 is 1.30. The average Bonchev–Trinajstić information content (AvgIpc) is 2.94. The summed E-state index contributed by atoms with van der Waals surface area (Å²) < 4.78 is 27.0. The van der Waals surface area contributed by atoms with Crippen molar-refractivity contribution in [3.63, 3.8) is 0 Å². The molecule has 23 heavy (non-hydrogen) atoms. The molecule has 1 aliphatic rings. The zero-order valence-electron chi connectivity index (χ0n) is 14.0. The van der Waals surface area contributed by atoms with Crippen molar-refractivity contribution in [1.29, 1.82) is 0 Å². The molecule has 0 saturated carbocycles. The minimum absolute atomic E-state index is 0.0645. The van der Waals surface area contributed by atoms with Crippen molar-refractivity contribution < 1.29 is 13.2 Å². The molecule has 1 N–H and O–H groups in total. The fraction of sp³-hybridized carbons (Fsp3) is 0.688. The van der Waals surface area contributed by atoms with Crippen LogP contribution in [0.4, 0.5) is 0 Å². The molecular formula is C16H26N2O3S2. The Morgan fingerprint density at radius 2 is 2.00 bits per heavy atom. The molecule has 0 aromatic carbocycles. The summed E-state index contributed by atoms with van der Waals surface area (Å²) in [6.07, 6.45) is 2.16. The van der Waals surface area contributed by atoms with Crippen molar-refractivity contribution >= 4 is 27.3 Å². The van der Waals surface area contributed by atoms with Crippen LogP contribution < -0.4 is 5.32 Å². The first-order valence-electron chi connectivity index (χ1n) is 8.15. The molecule has 1 amide bonds. The van der Waals surface area contributed by atoms with Crippen LogP contribution in [0.3, 0.4) is 0 Å². The highest BCUT2D eigenvalue weighted by molar-refractivity contribution is 7.91. The topological polar surface area (TPSA) is 66.5 Å². The molecule has 2 rings (SSSR count). The van der Waals surface area contributed by atoms with Gasteiger partial charge in [-0.3, -0.25) is 4.79 Å². The monoisotopic (exact) mass is 358 g/mol. The number of nitrogens with zero attached hydrogens (tertiary/aromatic N) is 1. The number of thiophene rings is 1. The highest BCUT2D eigenvalue weighted by Gasteiger charge is 2.32. The van der Waals surface area contributed by atoms with Gasteiger partial charge in [-0.05, 0) is 44.2 Å². The lowest BCUT2D eigenvalue weighted by Gasteiger charge is -2.30. The zero-order chi connectivity index (χ0) is 17.0. The summed E-state index contributed by atoms with van der Waals surface area (Å²) in [4.78, 5) is 13.1. The third kappa shape index (κ3) is 4.78. The Kier molecular flexibility index (Phi) is 6.22. The van der Waals surface area contributed by atoms with E-state index in [0.717, 1.165) is 11.3 Å². The third-order valence-electron chi connectivity index (χ3n) is 4.16. The number of piperidine rings is 1. The van der Waals surface area contributed by atoms with Gasteiger partial charge in [-0.1, -0.05) is 13.8 Å². The van der Waals surface area contributed by atoms with E-state index in [1.807, 2.05) is 13.0 Å². The van der Waals surface area contributed by atoms with E-state index in [-0.39, 0.29) is 11.8 Å². The third-order valence-corrected chi connectivity index (χ3v) is 7.52. The van der Waals surface area contributed by atoms with Gasteiger partial charge in [0.25, 0.3) is 10.0 Å². The molecule has 7 heteroatoms. The molecule has 1 saturated heterocycles. The first kappa shape index (κ1) is 18.4. The number of aryl methyl sites for hydroxylation is 1. The normalized spacial score (nSPS) is 17.6. The molecular weight excluding hydrogens is 332 g/mol. The second-order valence-electron chi connectivity index (χ2n) is 6.52. The van der Waals surface area contributed by atoms with E-state index in [1.54, 1.807) is 6.07 Å². The van der Waals surface area contributed by atoms with E-state index in [2.05, 4.69) is 19.2 Å². The smallest absolute Gasteiger partial charge is 0.252 e. The van der Waals surface area contributed by atoms with Crippen LogP contribution in [0.25, 0.3) is 0 Å². The SMILES string of the molecule is Cc1ccc(S(=O)(=O)N2CCC(C(=O)NCCC(C)C)CC2)s1. The second-order valence-corrected chi connectivity index (χ2v) is 9.97. The fourth-order valence-corrected chi connectivity index (χ4v) is 5.57. The van der Waals surface area contributed by atoms with Crippen molar-refractivity contribution in [3.8, 4) is 0 Å². The van der Waals surface area contributed by atoms with Crippen LogP contribution >= 0.6 is 11.3 Å². The number of hydrogen-bond donors (Lipinski definition) is 1. The largest absolute Gasteiger partial charge is 0.356 e. The first-order valence-corrected chi connectivity index (χ1v) is 10.4. The Bertz CT molecular complexity index is 630. The molecule has 1 aromatic rings. The van der Waals surface area contributed by atoms with Crippen molar-refractivity contribution in [2.45, 2.75) is 44.2 Å².